The highest BCUT2D eigenvalue weighted by Crippen LogP contribution is 2.66. The van der Waals surface area contributed by atoms with Gasteiger partial charge in [-0.15, -0.1) is 0 Å². The van der Waals surface area contributed by atoms with Crippen LogP contribution in [0.1, 0.15) is 74.9 Å². The predicted molar refractivity (Wildman–Crippen MR) is 110 cm³/mol. The molecule has 2 fully saturated rings. The summed E-state index contributed by atoms with van der Waals surface area (Å²) in [6.45, 7) is 9.90. The summed E-state index contributed by atoms with van der Waals surface area (Å²) in [4.78, 5) is 12.3. The Hall–Kier alpha value is -1.75. The minimum absolute atomic E-state index is 0.0475. The number of phenols is 1. The van der Waals surface area contributed by atoms with Crippen LogP contribution in [0.5, 0.6) is 11.5 Å². The third kappa shape index (κ3) is 2.34. The average molecular weight is 400 g/mol. The fourth-order valence-electron chi connectivity index (χ4n) is 7.32. The summed E-state index contributed by atoms with van der Waals surface area (Å²) < 4.78 is 13.1. The van der Waals surface area contributed by atoms with Crippen molar-refractivity contribution in [3.8, 4) is 11.5 Å². The highest BCUT2D eigenvalue weighted by molar-refractivity contribution is 6.02. The summed E-state index contributed by atoms with van der Waals surface area (Å²) in [7, 11) is 1.82. The second kappa shape index (κ2) is 5.90. The number of fused-ring (bicyclic) bond motifs is 3. The first-order valence-corrected chi connectivity index (χ1v) is 11.0. The van der Waals surface area contributed by atoms with Crippen molar-refractivity contribution in [1.29, 1.82) is 0 Å². The van der Waals surface area contributed by atoms with E-state index < -0.39 is 0 Å². The lowest BCUT2D eigenvalue weighted by Gasteiger charge is -2.67. The second-order valence-corrected chi connectivity index (χ2v) is 10.8. The maximum atomic E-state index is 12.3. The van der Waals surface area contributed by atoms with Crippen molar-refractivity contribution in [2.45, 2.75) is 78.0 Å². The fourth-order valence-corrected chi connectivity index (χ4v) is 7.32. The molecule has 0 aromatic heterocycles. The first-order valence-electron chi connectivity index (χ1n) is 11.0. The molecule has 1 amide bonds. The fraction of sp³-hybridized carbons (Fsp3) is 0.708. The number of nitrogens with one attached hydrogen (secondary N) is 1. The largest absolute Gasteiger partial charge is 0.507 e. The van der Waals surface area contributed by atoms with E-state index in [1.807, 2.05) is 7.11 Å². The summed E-state index contributed by atoms with van der Waals surface area (Å²) in [5, 5.41) is 13.4. The minimum Gasteiger partial charge on any atom is -0.507 e. The molecule has 5 atom stereocenters. The number of amides is 1. The molecule has 5 rings (SSSR count). The van der Waals surface area contributed by atoms with Gasteiger partial charge in [0.25, 0.3) is 5.91 Å². The number of aromatic hydroxyl groups is 1. The molecule has 2 aliphatic heterocycles. The number of ether oxygens (including phenoxy) is 2. The van der Waals surface area contributed by atoms with Crippen LogP contribution in [0.25, 0.3) is 0 Å². The van der Waals surface area contributed by atoms with E-state index in [1.54, 1.807) is 6.07 Å². The smallest absolute Gasteiger partial charge is 0.255 e. The summed E-state index contributed by atoms with van der Waals surface area (Å²) in [6.07, 6.45) is 5.31. The molecule has 5 heteroatoms. The van der Waals surface area contributed by atoms with Gasteiger partial charge < -0.3 is 19.9 Å². The molecule has 1 aromatic rings. The van der Waals surface area contributed by atoms with Gasteiger partial charge in [0, 0.05) is 37.0 Å². The Labute approximate surface area is 173 Å². The molecule has 158 valence electrons. The predicted octanol–water partition coefficient (Wildman–Crippen LogP) is 4.20. The molecule has 0 radical (unpaired) electrons. The Kier molecular flexibility index (Phi) is 3.91. The van der Waals surface area contributed by atoms with E-state index in [9.17, 15) is 9.90 Å². The summed E-state index contributed by atoms with van der Waals surface area (Å²) >= 11 is 0. The molecule has 2 N–H and O–H groups in total. The molecule has 5 nitrogen and oxygen atoms in total. The van der Waals surface area contributed by atoms with Gasteiger partial charge in [-0.3, -0.25) is 4.79 Å². The number of rotatable bonds is 1. The lowest BCUT2D eigenvalue weighted by atomic mass is 9.44. The number of hydrogen-bond donors (Lipinski definition) is 2. The molecule has 2 aliphatic carbocycles. The molecule has 0 bridgehead atoms. The molecular formula is C24H33NO4. The lowest BCUT2D eigenvalue weighted by molar-refractivity contribution is -0.233. The number of benzene rings is 1. The van der Waals surface area contributed by atoms with Gasteiger partial charge in [-0.25, -0.2) is 0 Å². The van der Waals surface area contributed by atoms with Crippen LogP contribution in [0.15, 0.2) is 6.07 Å². The zero-order chi connectivity index (χ0) is 20.8. The minimum atomic E-state index is -0.323. The van der Waals surface area contributed by atoms with Gasteiger partial charge in [0.15, 0.2) is 0 Å². The first-order chi connectivity index (χ1) is 13.6. The number of carbonyl (C=O) groups excluding carboxylic acids is 1. The van der Waals surface area contributed by atoms with Crippen LogP contribution in [0, 0.1) is 22.7 Å². The number of carbonyl (C=O) groups is 1. The van der Waals surface area contributed by atoms with Crippen molar-refractivity contribution in [1.82, 2.24) is 5.32 Å². The van der Waals surface area contributed by atoms with Crippen LogP contribution in [0.4, 0.5) is 0 Å². The number of hydrogen-bond acceptors (Lipinski definition) is 4. The van der Waals surface area contributed by atoms with E-state index in [-0.39, 0.29) is 34.2 Å². The van der Waals surface area contributed by atoms with E-state index in [2.05, 4.69) is 33.0 Å². The first kappa shape index (κ1) is 19.2. The van der Waals surface area contributed by atoms with E-state index in [4.69, 9.17) is 9.47 Å². The standard InChI is InChI=1S/C24H33NO4/c1-13-6-7-18-22(2,3)10-15(28-5)11-24(18)23(13,4)9-14-8-17(26)19-16(20(14)29-24)12-25-21(19)27/h8,13,15,18,26H,6-7,9-12H2,1-5H3,(H,25,27)/t13-,15?,18-,23+,24-/m0/s1. The Morgan fingerprint density at radius 2 is 2.00 bits per heavy atom. The highest BCUT2D eigenvalue weighted by Gasteiger charge is 2.67. The van der Waals surface area contributed by atoms with Crippen LogP contribution in [0.2, 0.25) is 0 Å². The Balaban J connectivity index is 1.73. The van der Waals surface area contributed by atoms with Crippen LogP contribution >= 0.6 is 0 Å². The molecule has 1 unspecified atom stereocenters. The van der Waals surface area contributed by atoms with Gasteiger partial charge in [-0.2, -0.15) is 0 Å². The summed E-state index contributed by atoms with van der Waals surface area (Å²) in [6, 6.07) is 1.77. The van der Waals surface area contributed by atoms with Gasteiger partial charge in [-0.1, -0.05) is 27.7 Å². The molecule has 2 heterocycles. The van der Waals surface area contributed by atoms with Crippen molar-refractivity contribution in [3.05, 3.63) is 22.8 Å². The van der Waals surface area contributed by atoms with Gasteiger partial charge in [0.05, 0.1) is 11.7 Å². The van der Waals surface area contributed by atoms with E-state index in [1.165, 1.54) is 6.42 Å². The normalized spacial score (nSPS) is 39.5. The molecule has 1 aromatic carbocycles. The van der Waals surface area contributed by atoms with Crippen molar-refractivity contribution >= 4 is 5.91 Å². The van der Waals surface area contributed by atoms with E-state index in [0.29, 0.717) is 23.9 Å². The maximum absolute atomic E-state index is 12.3. The van der Waals surface area contributed by atoms with Gasteiger partial charge in [0.1, 0.15) is 17.1 Å². The molecular weight excluding hydrogens is 366 g/mol. The molecule has 2 saturated carbocycles. The Morgan fingerprint density at radius 3 is 2.72 bits per heavy atom. The van der Waals surface area contributed by atoms with Crippen molar-refractivity contribution < 1.29 is 19.4 Å². The highest BCUT2D eigenvalue weighted by atomic mass is 16.5. The Bertz CT molecular complexity index is 893. The zero-order valence-corrected chi connectivity index (χ0v) is 18.2. The average Bonchev–Trinajstić information content (AvgIpc) is 3.03. The van der Waals surface area contributed by atoms with E-state index >= 15 is 0 Å². The van der Waals surface area contributed by atoms with Gasteiger partial charge in [-0.05, 0) is 48.6 Å². The summed E-state index contributed by atoms with van der Waals surface area (Å²) in [5.41, 5.74) is 2.00. The third-order valence-corrected chi connectivity index (χ3v) is 9.00. The third-order valence-electron chi connectivity index (χ3n) is 9.00. The van der Waals surface area contributed by atoms with Crippen LogP contribution in [-0.4, -0.2) is 29.8 Å². The lowest BCUT2D eigenvalue weighted by Crippen LogP contribution is -2.70. The number of methoxy groups -OCH3 is 1. The van der Waals surface area contributed by atoms with Crippen molar-refractivity contribution in [2.24, 2.45) is 22.7 Å². The topological polar surface area (TPSA) is 67.8 Å². The van der Waals surface area contributed by atoms with Gasteiger partial charge in [0.2, 0.25) is 0 Å². The van der Waals surface area contributed by atoms with Crippen molar-refractivity contribution in [2.75, 3.05) is 7.11 Å². The molecule has 0 saturated heterocycles. The zero-order valence-electron chi connectivity index (χ0n) is 18.2. The maximum Gasteiger partial charge on any atom is 0.255 e. The monoisotopic (exact) mass is 399 g/mol. The van der Waals surface area contributed by atoms with E-state index in [0.717, 1.165) is 42.6 Å². The van der Waals surface area contributed by atoms with Gasteiger partial charge >= 0.3 is 0 Å². The van der Waals surface area contributed by atoms with Crippen LogP contribution < -0.4 is 10.1 Å². The van der Waals surface area contributed by atoms with Crippen LogP contribution in [0.3, 0.4) is 0 Å². The quantitative estimate of drug-likeness (QED) is 0.743. The molecule has 4 aliphatic rings. The number of phenolic OH excluding ortho intramolecular Hbond substituents is 1. The molecule has 1 spiro atoms. The Morgan fingerprint density at radius 1 is 1.24 bits per heavy atom. The summed E-state index contributed by atoms with van der Waals surface area (Å²) in [5.74, 6) is 1.65. The molecule has 29 heavy (non-hydrogen) atoms. The van der Waals surface area contributed by atoms with Crippen molar-refractivity contribution in [3.63, 3.8) is 0 Å². The second-order valence-electron chi connectivity index (χ2n) is 10.8. The van der Waals surface area contributed by atoms with Crippen LogP contribution in [-0.2, 0) is 17.7 Å². The SMILES string of the molecule is COC1CC(C)(C)[C@@H]2CC[C@H](C)[C@@]3(C)Cc4cc(O)c5c(c4O[C@@]23C1)CNC5=O.